The van der Waals surface area contributed by atoms with Gasteiger partial charge in [-0.25, -0.2) is 0 Å². The van der Waals surface area contributed by atoms with Gasteiger partial charge in [0.15, 0.2) is 0 Å². The Kier molecular flexibility index (Phi) is 19.5. The van der Waals surface area contributed by atoms with Gasteiger partial charge in [0.2, 0.25) is 0 Å². The van der Waals surface area contributed by atoms with E-state index in [1.165, 1.54) is 108 Å². The predicted octanol–water partition coefficient (Wildman–Crippen LogP) is 10.1. The summed E-state index contributed by atoms with van der Waals surface area (Å²) in [6.07, 6.45) is 25.3. The van der Waals surface area contributed by atoms with E-state index in [1.54, 1.807) is 0 Å². The van der Waals surface area contributed by atoms with Crippen LogP contribution in [0.4, 0.5) is 0 Å². The van der Waals surface area contributed by atoms with Crippen LogP contribution in [0.3, 0.4) is 0 Å². The largest absolute Gasteiger partial charge is 0.493 e. The Morgan fingerprint density at radius 1 is 0.438 bits per heavy atom. The van der Waals surface area contributed by atoms with Gasteiger partial charge in [0.05, 0.1) is 13.2 Å². The van der Waals surface area contributed by atoms with Crippen molar-refractivity contribution in [2.45, 2.75) is 143 Å². The Balaban J connectivity index is 2.13. The van der Waals surface area contributed by atoms with Crippen LogP contribution in [0.25, 0.3) is 0 Å². The van der Waals surface area contributed by atoms with Crippen LogP contribution < -0.4 is 9.47 Å². The third-order valence-electron chi connectivity index (χ3n) is 6.38. The van der Waals surface area contributed by atoms with Gasteiger partial charge in [-0.15, -0.1) is 0 Å². The second kappa shape index (κ2) is 21.7. The maximum Gasteiger partial charge on any atom is 0.123 e. The molecular formula is C30H54O2. The van der Waals surface area contributed by atoms with Gasteiger partial charge in [-0.1, -0.05) is 124 Å². The molecule has 0 unspecified atom stereocenters. The molecule has 0 saturated carbocycles. The quantitative estimate of drug-likeness (QED) is 0.156. The first-order valence-electron chi connectivity index (χ1n) is 14.2. The minimum atomic E-state index is 0.820. The standard InChI is InChI=1S/C30H54O2/c1-4-7-9-11-13-15-17-19-21-23-31-29-25-28(6-3)26-30(27-29)32-24-22-20-18-16-14-12-10-8-5-2/h25-27H,4-24H2,1-3H3. The van der Waals surface area contributed by atoms with Crippen LogP contribution in [0.2, 0.25) is 0 Å². The van der Waals surface area contributed by atoms with Crippen molar-refractivity contribution in [2.24, 2.45) is 0 Å². The van der Waals surface area contributed by atoms with E-state index >= 15 is 0 Å². The number of unbranched alkanes of at least 4 members (excludes halogenated alkanes) is 16. The average molecular weight is 447 g/mol. The molecule has 0 amide bonds. The van der Waals surface area contributed by atoms with Crippen molar-refractivity contribution >= 4 is 0 Å². The Bertz CT molecular complexity index is 483. The molecule has 2 nitrogen and oxygen atoms in total. The molecule has 0 aliphatic carbocycles. The van der Waals surface area contributed by atoms with Crippen molar-refractivity contribution < 1.29 is 9.47 Å². The Hall–Kier alpha value is -1.18. The zero-order valence-electron chi connectivity index (χ0n) is 21.9. The highest BCUT2D eigenvalue weighted by Gasteiger charge is 2.03. The van der Waals surface area contributed by atoms with Gasteiger partial charge in [0.25, 0.3) is 0 Å². The van der Waals surface area contributed by atoms with E-state index in [-0.39, 0.29) is 0 Å². The number of hydrogen-bond donors (Lipinski definition) is 0. The molecule has 2 heteroatoms. The normalized spacial score (nSPS) is 11.1. The third kappa shape index (κ3) is 16.5. The summed E-state index contributed by atoms with van der Waals surface area (Å²) in [7, 11) is 0. The highest BCUT2D eigenvalue weighted by molar-refractivity contribution is 5.38. The monoisotopic (exact) mass is 446 g/mol. The summed E-state index contributed by atoms with van der Waals surface area (Å²) in [6.45, 7) is 8.40. The van der Waals surface area contributed by atoms with Gasteiger partial charge in [0, 0.05) is 6.07 Å². The van der Waals surface area contributed by atoms with Crippen molar-refractivity contribution in [1.29, 1.82) is 0 Å². The number of aryl methyl sites for hydroxylation is 1. The summed E-state index contributed by atoms with van der Waals surface area (Å²) in [5.74, 6) is 1.96. The molecule has 32 heavy (non-hydrogen) atoms. The van der Waals surface area contributed by atoms with Gasteiger partial charge in [-0.3, -0.25) is 0 Å². The summed E-state index contributed by atoms with van der Waals surface area (Å²) in [5, 5.41) is 0. The van der Waals surface area contributed by atoms with E-state index in [0.717, 1.165) is 44.0 Å². The van der Waals surface area contributed by atoms with Crippen LogP contribution in [0.1, 0.15) is 142 Å². The summed E-state index contributed by atoms with van der Waals surface area (Å²) in [5.41, 5.74) is 1.30. The molecule has 0 bridgehead atoms. The van der Waals surface area contributed by atoms with E-state index in [1.807, 2.05) is 0 Å². The molecule has 0 radical (unpaired) electrons. The Morgan fingerprint density at radius 3 is 1.12 bits per heavy atom. The van der Waals surface area contributed by atoms with Crippen molar-refractivity contribution in [3.63, 3.8) is 0 Å². The molecule has 186 valence electrons. The molecule has 0 spiro atoms. The number of hydrogen-bond acceptors (Lipinski definition) is 2. The van der Waals surface area contributed by atoms with E-state index in [0.29, 0.717) is 0 Å². The van der Waals surface area contributed by atoms with Gasteiger partial charge in [0.1, 0.15) is 11.5 Å². The molecule has 0 saturated heterocycles. The fourth-order valence-electron chi connectivity index (χ4n) is 4.21. The first-order chi connectivity index (χ1) is 15.8. The van der Waals surface area contributed by atoms with Crippen LogP contribution in [-0.4, -0.2) is 13.2 Å². The molecule has 1 aromatic rings. The molecule has 0 N–H and O–H groups in total. The van der Waals surface area contributed by atoms with Gasteiger partial charge in [-0.2, -0.15) is 0 Å². The average Bonchev–Trinajstić information content (AvgIpc) is 2.81. The Labute approximate surface area is 200 Å². The second-order valence-electron chi connectivity index (χ2n) is 9.52. The summed E-state index contributed by atoms with van der Waals surface area (Å²) >= 11 is 0. The van der Waals surface area contributed by atoms with Crippen molar-refractivity contribution in [3.05, 3.63) is 23.8 Å². The predicted molar refractivity (Wildman–Crippen MR) is 141 cm³/mol. The maximum atomic E-state index is 6.07. The number of benzene rings is 1. The van der Waals surface area contributed by atoms with E-state index in [2.05, 4.69) is 39.0 Å². The highest BCUT2D eigenvalue weighted by Crippen LogP contribution is 2.24. The zero-order valence-corrected chi connectivity index (χ0v) is 21.9. The molecule has 0 aliphatic rings. The first-order valence-corrected chi connectivity index (χ1v) is 14.2. The fourth-order valence-corrected chi connectivity index (χ4v) is 4.21. The minimum Gasteiger partial charge on any atom is -0.493 e. The van der Waals surface area contributed by atoms with Crippen LogP contribution in [0.5, 0.6) is 11.5 Å². The van der Waals surface area contributed by atoms with Gasteiger partial charge >= 0.3 is 0 Å². The minimum absolute atomic E-state index is 0.820. The third-order valence-corrected chi connectivity index (χ3v) is 6.38. The van der Waals surface area contributed by atoms with Gasteiger partial charge < -0.3 is 9.47 Å². The molecule has 1 aromatic carbocycles. The van der Waals surface area contributed by atoms with Crippen LogP contribution >= 0.6 is 0 Å². The molecule has 0 aliphatic heterocycles. The number of ether oxygens (including phenoxy) is 2. The van der Waals surface area contributed by atoms with Crippen LogP contribution in [-0.2, 0) is 6.42 Å². The van der Waals surface area contributed by atoms with E-state index < -0.39 is 0 Å². The lowest BCUT2D eigenvalue weighted by Crippen LogP contribution is -2.01. The van der Waals surface area contributed by atoms with E-state index in [9.17, 15) is 0 Å². The van der Waals surface area contributed by atoms with Crippen molar-refractivity contribution in [3.8, 4) is 11.5 Å². The first kappa shape index (κ1) is 28.9. The molecule has 0 aromatic heterocycles. The van der Waals surface area contributed by atoms with E-state index in [4.69, 9.17) is 9.47 Å². The maximum absolute atomic E-state index is 6.07. The lowest BCUT2D eigenvalue weighted by molar-refractivity contribution is 0.289. The van der Waals surface area contributed by atoms with Gasteiger partial charge in [-0.05, 0) is 37.0 Å². The SMILES string of the molecule is CCCCCCCCCCCOc1cc(CC)cc(OCCCCCCCCCCC)c1. The topological polar surface area (TPSA) is 18.5 Å². The zero-order chi connectivity index (χ0) is 23.1. The molecular weight excluding hydrogens is 392 g/mol. The summed E-state index contributed by atoms with van der Waals surface area (Å²) in [4.78, 5) is 0. The lowest BCUT2D eigenvalue weighted by Gasteiger charge is -2.12. The molecule has 0 fully saturated rings. The summed E-state index contributed by atoms with van der Waals surface area (Å²) < 4.78 is 12.1. The molecule has 0 heterocycles. The van der Waals surface area contributed by atoms with Crippen molar-refractivity contribution in [2.75, 3.05) is 13.2 Å². The molecule has 1 rings (SSSR count). The lowest BCUT2D eigenvalue weighted by atomic mass is 10.1. The van der Waals surface area contributed by atoms with Crippen LogP contribution in [0.15, 0.2) is 18.2 Å². The Morgan fingerprint density at radius 2 is 0.781 bits per heavy atom. The number of rotatable bonds is 23. The highest BCUT2D eigenvalue weighted by atomic mass is 16.5. The fraction of sp³-hybridized carbons (Fsp3) is 0.800. The van der Waals surface area contributed by atoms with Crippen molar-refractivity contribution in [1.82, 2.24) is 0 Å². The molecule has 0 atom stereocenters. The van der Waals surface area contributed by atoms with Crippen LogP contribution in [0, 0.1) is 0 Å². The smallest absolute Gasteiger partial charge is 0.123 e. The summed E-state index contributed by atoms with van der Waals surface area (Å²) in [6, 6.07) is 6.44. The second-order valence-corrected chi connectivity index (χ2v) is 9.52.